The molecule has 32 heavy (non-hydrogen) atoms. The van der Waals surface area contributed by atoms with Crippen molar-refractivity contribution in [1.29, 1.82) is 0 Å². The van der Waals surface area contributed by atoms with Gasteiger partial charge in [0.1, 0.15) is 11.4 Å². The lowest BCUT2D eigenvalue weighted by Crippen LogP contribution is -2.46. The van der Waals surface area contributed by atoms with E-state index in [1.807, 2.05) is 0 Å². The maximum atomic E-state index is 12.5. The molecule has 1 aromatic rings. The van der Waals surface area contributed by atoms with Crippen LogP contribution in [-0.2, 0) is 23.7 Å². The summed E-state index contributed by atoms with van der Waals surface area (Å²) >= 11 is 0. The van der Waals surface area contributed by atoms with Gasteiger partial charge in [-0.15, -0.1) is 0 Å². The van der Waals surface area contributed by atoms with Gasteiger partial charge in [-0.05, 0) is 39.0 Å². The van der Waals surface area contributed by atoms with Crippen molar-refractivity contribution in [1.82, 2.24) is 5.32 Å². The van der Waals surface area contributed by atoms with Crippen molar-refractivity contribution in [2.75, 3.05) is 37.0 Å². The molecule has 1 fully saturated rings. The quantitative estimate of drug-likeness (QED) is 0.508. The summed E-state index contributed by atoms with van der Waals surface area (Å²) in [5.41, 5.74) is 0.0539. The summed E-state index contributed by atoms with van der Waals surface area (Å²) in [4.78, 5) is 48.9. The molecule has 2 aliphatic heterocycles. The molecule has 2 heterocycles. The van der Waals surface area contributed by atoms with E-state index in [1.165, 1.54) is 18.1 Å². The third-order valence-corrected chi connectivity index (χ3v) is 4.42. The summed E-state index contributed by atoms with van der Waals surface area (Å²) in [6.07, 6.45) is -4.12. The lowest BCUT2D eigenvalue weighted by atomic mass is 10.1. The maximum Gasteiger partial charge on any atom is 0.509 e. The van der Waals surface area contributed by atoms with E-state index in [9.17, 15) is 19.2 Å². The van der Waals surface area contributed by atoms with Crippen molar-refractivity contribution >= 4 is 35.6 Å². The number of nitrogens with one attached hydrogen (secondary N) is 2. The fraction of sp³-hybridized carbons (Fsp3) is 0.500. The van der Waals surface area contributed by atoms with Crippen molar-refractivity contribution in [2.24, 2.45) is 0 Å². The molecule has 2 aliphatic rings. The van der Waals surface area contributed by atoms with E-state index in [4.69, 9.17) is 23.7 Å². The van der Waals surface area contributed by atoms with Gasteiger partial charge in [-0.2, -0.15) is 0 Å². The highest BCUT2D eigenvalue weighted by atomic mass is 16.8. The van der Waals surface area contributed by atoms with Gasteiger partial charge in [-0.25, -0.2) is 14.4 Å². The van der Waals surface area contributed by atoms with Crippen molar-refractivity contribution in [2.45, 2.75) is 38.6 Å². The van der Waals surface area contributed by atoms with Crippen molar-refractivity contribution < 1.29 is 42.9 Å². The first kappa shape index (κ1) is 23.0. The minimum atomic E-state index is -0.929. The fourth-order valence-corrected chi connectivity index (χ4v) is 3.07. The second-order valence-electron chi connectivity index (χ2n) is 8.04. The number of rotatable bonds is 5. The molecular formula is C20H25N3O9. The molecule has 1 aromatic carbocycles. The number of cyclic esters (lactones) is 2. The number of anilines is 2. The molecule has 0 aromatic heterocycles. The minimum absolute atomic E-state index is 0.0889. The second kappa shape index (κ2) is 9.20. The minimum Gasteiger partial charge on any atom is -0.482 e. The molecule has 0 saturated carbocycles. The van der Waals surface area contributed by atoms with E-state index in [1.54, 1.807) is 32.9 Å². The predicted molar refractivity (Wildman–Crippen MR) is 110 cm³/mol. The molecule has 3 rings (SSSR count). The van der Waals surface area contributed by atoms with Crippen LogP contribution in [0.15, 0.2) is 18.2 Å². The van der Waals surface area contributed by atoms with Gasteiger partial charge in [0.15, 0.2) is 18.8 Å². The Bertz CT molecular complexity index is 912. The zero-order valence-corrected chi connectivity index (χ0v) is 18.1. The second-order valence-corrected chi connectivity index (χ2v) is 8.04. The van der Waals surface area contributed by atoms with Gasteiger partial charge in [-0.3, -0.25) is 9.69 Å². The number of alkyl carbamates (subject to hydrolysis) is 1. The maximum absolute atomic E-state index is 12.5. The lowest BCUT2D eigenvalue weighted by molar-refractivity contribution is -0.118. The summed E-state index contributed by atoms with van der Waals surface area (Å²) in [6, 6.07) is 4.73. The third-order valence-electron chi connectivity index (χ3n) is 4.42. The highest BCUT2D eigenvalue weighted by Gasteiger charge is 2.40. The van der Waals surface area contributed by atoms with Gasteiger partial charge in [-0.1, -0.05) is 0 Å². The number of fused-ring (bicyclic) bond motifs is 1. The largest absolute Gasteiger partial charge is 0.509 e. The number of methoxy groups -OCH3 is 1. The first-order valence-electron chi connectivity index (χ1n) is 9.82. The van der Waals surface area contributed by atoms with Crippen LogP contribution in [-0.4, -0.2) is 68.9 Å². The molecule has 0 bridgehead atoms. The number of nitrogens with zero attached hydrogens (tertiary/aromatic N) is 1. The fourth-order valence-electron chi connectivity index (χ4n) is 3.07. The van der Waals surface area contributed by atoms with Crippen molar-refractivity contribution in [3.05, 3.63) is 18.2 Å². The van der Waals surface area contributed by atoms with Crippen LogP contribution in [0.4, 0.5) is 25.8 Å². The molecule has 0 unspecified atom stereocenters. The van der Waals surface area contributed by atoms with E-state index in [2.05, 4.69) is 10.6 Å². The van der Waals surface area contributed by atoms with Crippen LogP contribution in [0.25, 0.3) is 0 Å². The SMILES string of the molecule is COC(=O)N(C[C@@H]1OC(=O)O[C@H]1CNC(=O)OC(C)(C)C)c1ccc2c(c1)NC(=O)CO2. The Balaban J connectivity index is 1.73. The molecule has 174 valence electrons. The Morgan fingerprint density at radius 1 is 1.22 bits per heavy atom. The zero-order chi connectivity index (χ0) is 23.5. The Kier molecular flexibility index (Phi) is 6.61. The van der Waals surface area contributed by atoms with Crippen molar-refractivity contribution in [3.63, 3.8) is 0 Å². The van der Waals surface area contributed by atoms with Gasteiger partial charge in [0.2, 0.25) is 0 Å². The van der Waals surface area contributed by atoms with Crippen molar-refractivity contribution in [3.8, 4) is 5.75 Å². The van der Waals surface area contributed by atoms with Crippen LogP contribution >= 0.6 is 0 Å². The number of amides is 3. The molecule has 2 N–H and O–H groups in total. The van der Waals surface area contributed by atoms with Gasteiger partial charge in [0.05, 0.1) is 25.9 Å². The van der Waals surface area contributed by atoms with E-state index in [0.717, 1.165) is 0 Å². The summed E-state index contributed by atoms with van der Waals surface area (Å²) in [5, 5.41) is 5.18. The smallest absolute Gasteiger partial charge is 0.482 e. The summed E-state index contributed by atoms with van der Waals surface area (Å²) in [6.45, 7) is 4.83. The number of benzene rings is 1. The monoisotopic (exact) mass is 451 g/mol. The molecule has 12 nitrogen and oxygen atoms in total. The molecule has 0 aliphatic carbocycles. The standard InChI is InChI=1S/C20H25N3O9/c1-20(2,3)32-17(25)21-8-14-15(31-19(27)30-14)9-23(18(26)28-4)11-5-6-13-12(7-11)22-16(24)10-29-13/h5-7,14-15H,8-10H2,1-4H3,(H,21,25)(H,22,24)/t14-,15-/m0/s1. The molecule has 0 spiro atoms. The van der Waals surface area contributed by atoms with E-state index < -0.39 is 36.2 Å². The Hall–Kier alpha value is -3.70. The first-order valence-corrected chi connectivity index (χ1v) is 9.82. The van der Waals surface area contributed by atoms with Crippen LogP contribution in [0.5, 0.6) is 5.75 Å². The summed E-state index contributed by atoms with van der Waals surface area (Å²) < 4.78 is 25.7. The third kappa shape index (κ3) is 5.71. The summed E-state index contributed by atoms with van der Waals surface area (Å²) in [5.74, 6) is 0.124. The van der Waals surface area contributed by atoms with Crippen LogP contribution in [0, 0.1) is 0 Å². The van der Waals surface area contributed by atoms with Gasteiger partial charge < -0.3 is 34.3 Å². The zero-order valence-electron chi connectivity index (χ0n) is 18.1. The molecule has 1 saturated heterocycles. The molecule has 2 atom stereocenters. The predicted octanol–water partition coefficient (Wildman–Crippen LogP) is 2.02. The number of hydrogen-bond acceptors (Lipinski definition) is 9. The summed E-state index contributed by atoms with van der Waals surface area (Å²) in [7, 11) is 1.21. The average molecular weight is 451 g/mol. The van der Waals surface area contributed by atoms with Gasteiger partial charge in [0, 0.05) is 5.69 Å². The Morgan fingerprint density at radius 2 is 1.94 bits per heavy atom. The van der Waals surface area contributed by atoms with Gasteiger partial charge >= 0.3 is 18.3 Å². The van der Waals surface area contributed by atoms with E-state index in [0.29, 0.717) is 17.1 Å². The van der Waals surface area contributed by atoms with Crippen LogP contribution < -0.4 is 20.3 Å². The lowest BCUT2D eigenvalue weighted by Gasteiger charge is -2.27. The number of hydrogen-bond donors (Lipinski definition) is 2. The molecule has 12 heteroatoms. The number of carbonyl (C=O) groups is 4. The average Bonchev–Trinajstić information content (AvgIpc) is 3.07. The first-order chi connectivity index (χ1) is 15.1. The Labute approximate surface area is 184 Å². The van der Waals surface area contributed by atoms with Gasteiger partial charge in [0.25, 0.3) is 5.91 Å². The van der Waals surface area contributed by atoms with E-state index >= 15 is 0 Å². The number of carbonyl (C=O) groups excluding carboxylic acids is 4. The molecule has 3 amide bonds. The van der Waals surface area contributed by atoms with E-state index in [-0.39, 0.29) is 25.6 Å². The Morgan fingerprint density at radius 3 is 2.62 bits per heavy atom. The molecule has 0 radical (unpaired) electrons. The topological polar surface area (TPSA) is 142 Å². The highest BCUT2D eigenvalue weighted by molar-refractivity contribution is 5.97. The van der Waals surface area contributed by atoms with Crippen LogP contribution in [0.3, 0.4) is 0 Å². The van der Waals surface area contributed by atoms with Crippen LogP contribution in [0.1, 0.15) is 20.8 Å². The van der Waals surface area contributed by atoms with Crippen LogP contribution in [0.2, 0.25) is 0 Å². The molecular weight excluding hydrogens is 426 g/mol. The normalized spacial score (nSPS) is 19.5. The number of ether oxygens (including phenoxy) is 5. The highest BCUT2D eigenvalue weighted by Crippen LogP contribution is 2.33.